The molecule has 4 nitrogen and oxygen atoms in total. The molecule has 0 spiro atoms. The molecular weight excluding hydrogens is 315 g/mol. The molecule has 1 heterocycles. The van der Waals surface area contributed by atoms with Crippen LogP contribution in [0.3, 0.4) is 0 Å². The van der Waals surface area contributed by atoms with E-state index in [1.165, 1.54) is 25.9 Å². The van der Waals surface area contributed by atoms with Crippen molar-refractivity contribution in [2.45, 2.75) is 31.8 Å². The van der Waals surface area contributed by atoms with Gasteiger partial charge in [0, 0.05) is 39.3 Å². The van der Waals surface area contributed by atoms with Crippen molar-refractivity contribution < 1.29 is 0 Å². The van der Waals surface area contributed by atoms with Gasteiger partial charge < -0.3 is 10.6 Å². The van der Waals surface area contributed by atoms with Crippen molar-refractivity contribution in [3.63, 3.8) is 0 Å². The molecule has 16 heavy (non-hydrogen) atoms. The molecular formula is C11H23IN4. The largest absolute Gasteiger partial charge is 0.359 e. The van der Waals surface area contributed by atoms with Crippen LogP contribution in [0.1, 0.15) is 19.8 Å². The lowest BCUT2D eigenvalue weighted by Gasteiger charge is -2.19. The van der Waals surface area contributed by atoms with Crippen LogP contribution in [-0.4, -0.2) is 50.1 Å². The van der Waals surface area contributed by atoms with Crippen LogP contribution in [0, 0.1) is 5.92 Å². The maximum atomic E-state index is 4.17. The summed E-state index contributed by atoms with van der Waals surface area (Å²) in [4.78, 5) is 6.78. The summed E-state index contributed by atoms with van der Waals surface area (Å²) in [6.07, 6.45) is 2.81. The highest BCUT2D eigenvalue weighted by molar-refractivity contribution is 14.0. The molecule has 2 unspecified atom stereocenters. The number of guanidine groups is 1. The smallest absolute Gasteiger partial charge is 0.190 e. The van der Waals surface area contributed by atoms with Gasteiger partial charge in [0.25, 0.3) is 0 Å². The second-order valence-corrected chi connectivity index (χ2v) is 4.74. The Bertz CT molecular complexity index is 252. The van der Waals surface area contributed by atoms with Gasteiger partial charge in [-0.25, -0.2) is 0 Å². The molecule has 0 bridgehead atoms. The summed E-state index contributed by atoms with van der Waals surface area (Å²) in [6.45, 7) is 4.73. The Morgan fingerprint density at radius 2 is 2.00 bits per heavy atom. The normalized spacial score (nSPS) is 31.1. The number of nitrogens with zero attached hydrogens (tertiary/aromatic N) is 2. The van der Waals surface area contributed by atoms with E-state index < -0.39 is 0 Å². The van der Waals surface area contributed by atoms with Crippen LogP contribution in [-0.2, 0) is 0 Å². The van der Waals surface area contributed by atoms with E-state index >= 15 is 0 Å². The molecule has 2 fully saturated rings. The third-order valence-electron chi connectivity index (χ3n) is 3.49. The standard InChI is InChI=1S/C11H22N4.HI/c1-8-6-15(9-4-5-9)7-10(8)14-11(12-2)13-3;/h8-10H,4-7H2,1-3H3,(H2,12,13,14);1H. The fourth-order valence-corrected chi connectivity index (χ4v) is 2.35. The number of likely N-dealkylation sites (tertiary alicyclic amines) is 1. The molecule has 1 saturated carbocycles. The van der Waals surface area contributed by atoms with E-state index in [1.54, 1.807) is 0 Å². The lowest BCUT2D eigenvalue weighted by Crippen LogP contribution is -2.45. The summed E-state index contributed by atoms with van der Waals surface area (Å²) in [5.74, 6) is 1.63. The highest BCUT2D eigenvalue weighted by Gasteiger charge is 2.38. The third-order valence-corrected chi connectivity index (χ3v) is 3.49. The maximum absolute atomic E-state index is 4.17. The first kappa shape index (κ1) is 14.0. The molecule has 2 rings (SSSR count). The molecule has 1 saturated heterocycles. The summed E-state index contributed by atoms with van der Waals surface area (Å²) in [7, 11) is 3.73. The number of aliphatic imine (C=N–C) groups is 1. The van der Waals surface area contributed by atoms with Gasteiger partial charge in [0.1, 0.15) is 0 Å². The van der Waals surface area contributed by atoms with Crippen molar-refractivity contribution in [1.82, 2.24) is 15.5 Å². The second-order valence-electron chi connectivity index (χ2n) is 4.74. The van der Waals surface area contributed by atoms with Gasteiger partial charge in [-0.1, -0.05) is 6.92 Å². The van der Waals surface area contributed by atoms with Crippen LogP contribution in [0.2, 0.25) is 0 Å². The number of halogens is 1. The maximum Gasteiger partial charge on any atom is 0.190 e. The van der Waals surface area contributed by atoms with E-state index in [4.69, 9.17) is 0 Å². The molecule has 0 amide bonds. The predicted octanol–water partition coefficient (Wildman–Crippen LogP) is 0.882. The van der Waals surface area contributed by atoms with Crippen molar-refractivity contribution in [2.24, 2.45) is 10.9 Å². The van der Waals surface area contributed by atoms with Gasteiger partial charge in [-0.2, -0.15) is 0 Å². The Kier molecular flexibility index (Phi) is 5.30. The van der Waals surface area contributed by atoms with Crippen molar-refractivity contribution in [3.05, 3.63) is 0 Å². The lowest BCUT2D eigenvalue weighted by molar-refractivity contribution is 0.315. The fraction of sp³-hybridized carbons (Fsp3) is 0.909. The second kappa shape index (κ2) is 6.05. The van der Waals surface area contributed by atoms with Crippen LogP contribution in [0.15, 0.2) is 4.99 Å². The predicted molar refractivity (Wildman–Crippen MR) is 78.5 cm³/mol. The van der Waals surface area contributed by atoms with Gasteiger partial charge in [0.05, 0.1) is 0 Å². The molecule has 2 atom stereocenters. The minimum Gasteiger partial charge on any atom is -0.359 e. The van der Waals surface area contributed by atoms with Crippen molar-refractivity contribution in [1.29, 1.82) is 0 Å². The van der Waals surface area contributed by atoms with Gasteiger partial charge in [0.2, 0.25) is 0 Å². The van der Waals surface area contributed by atoms with E-state index in [-0.39, 0.29) is 24.0 Å². The Morgan fingerprint density at radius 3 is 2.50 bits per heavy atom. The molecule has 94 valence electrons. The molecule has 0 radical (unpaired) electrons. The van der Waals surface area contributed by atoms with Gasteiger partial charge in [-0.05, 0) is 18.8 Å². The number of hydrogen-bond donors (Lipinski definition) is 2. The van der Waals surface area contributed by atoms with E-state index in [9.17, 15) is 0 Å². The molecule has 0 aromatic carbocycles. The van der Waals surface area contributed by atoms with Gasteiger partial charge >= 0.3 is 0 Å². The molecule has 0 aromatic rings. The van der Waals surface area contributed by atoms with Gasteiger partial charge in [-0.15, -0.1) is 24.0 Å². The van der Waals surface area contributed by atoms with Crippen LogP contribution in [0.5, 0.6) is 0 Å². The molecule has 5 heteroatoms. The average molecular weight is 338 g/mol. The molecule has 0 aromatic heterocycles. The summed E-state index contributed by atoms with van der Waals surface area (Å²) in [5, 5.41) is 6.55. The van der Waals surface area contributed by atoms with Crippen molar-refractivity contribution in [2.75, 3.05) is 27.2 Å². The van der Waals surface area contributed by atoms with E-state index in [1.807, 2.05) is 14.1 Å². The highest BCUT2D eigenvalue weighted by atomic mass is 127. The van der Waals surface area contributed by atoms with E-state index in [0.717, 1.165) is 17.9 Å². The van der Waals surface area contributed by atoms with Crippen LogP contribution in [0.25, 0.3) is 0 Å². The fourth-order valence-electron chi connectivity index (χ4n) is 2.35. The Balaban J connectivity index is 0.00000128. The minimum absolute atomic E-state index is 0. The summed E-state index contributed by atoms with van der Waals surface area (Å²) in [5.41, 5.74) is 0. The van der Waals surface area contributed by atoms with Crippen LogP contribution < -0.4 is 10.6 Å². The summed E-state index contributed by atoms with van der Waals surface area (Å²) in [6, 6.07) is 1.44. The lowest BCUT2D eigenvalue weighted by atomic mass is 10.1. The number of rotatable bonds is 2. The Hall–Kier alpha value is -0.0400. The van der Waals surface area contributed by atoms with Crippen LogP contribution in [0.4, 0.5) is 0 Å². The van der Waals surface area contributed by atoms with Crippen LogP contribution >= 0.6 is 24.0 Å². The first-order valence-electron chi connectivity index (χ1n) is 5.89. The Morgan fingerprint density at radius 1 is 1.31 bits per heavy atom. The third kappa shape index (κ3) is 3.23. The quantitative estimate of drug-likeness (QED) is 0.446. The SMILES string of the molecule is CN=C(NC)NC1CN(C2CC2)CC1C.I. The van der Waals surface area contributed by atoms with Crippen molar-refractivity contribution in [3.8, 4) is 0 Å². The summed E-state index contributed by atoms with van der Waals surface area (Å²) >= 11 is 0. The van der Waals surface area contributed by atoms with Gasteiger partial charge in [-0.3, -0.25) is 9.89 Å². The zero-order valence-corrected chi connectivity index (χ0v) is 12.7. The van der Waals surface area contributed by atoms with Crippen molar-refractivity contribution >= 4 is 29.9 Å². The van der Waals surface area contributed by atoms with E-state index in [2.05, 4.69) is 27.4 Å². The molecule has 1 aliphatic heterocycles. The first-order valence-corrected chi connectivity index (χ1v) is 5.89. The molecule has 2 aliphatic rings. The molecule has 2 N–H and O–H groups in total. The average Bonchev–Trinajstić information content (AvgIpc) is 3.01. The first-order chi connectivity index (χ1) is 7.24. The van der Waals surface area contributed by atoms with Gasteiger partial charge in [0.15, 0.2) is 5.96 Å². The number of nitrogens with one attached hydrogen (secondary N) is 2. The highest BCUT2D eigenvalue weighted by Crippen LogP contribution is 2.31. The zero-order valence-electron chi connectivity index (χ0n) is 10.4. The number of hydrogen-bond acceptors (Lipinski definition) is 2. The topological polar surface area (TPSA) is 39.7 Å². The Labute approximate surface area is 115 Å². The molecule has 1 aliphatic carbocycles. The van der Waals surface area contributed by atoms with E-state index in [0.29, 0.717) is 6.04 Å². The summed E-state index contributed by atoms with van der Waals surface area (Å²) < 4.78 is 0. The monoisotopic (exact) mass is 338 g/mol. The zero-order chi connectivity index (χ0) is 10.8. The minimum atomic E-state index is 0.